The number of hydrogen-bond acceptors (Lipinski definition) is 6. The minimum atomic E-state index is -4.74. The van der Waals surface area contributed by atoms with E-state index < -0.39 is 40.9 Å². The van der Waals surface area contributed by atoms with E-state index in [0.29, 0.717) is 0 Å². The van der Waals surface area contributed by atoms with Crippen molar-refractivity contribution in [2.75, 3.05) is 19.0 Å². The number of alkyl halides is 3. The number of cyclic esters (lactones) is 2. The first-order valence-electron chi connectivity index (χ1n) is 3.95. The van der Waals surface area contributed by atoms with Gasteiger partial charge in [0, 0.05) is 0 Å². The van der Waals surface area contributed by atoms with Crippen molar-refractivity contribution in [3.63, 3.8) is 0 Å². The maximum atomic E-state index is 11.7. The molecule has 0 bridgehead atoms. The van der Waals surface area contributed by atoms with Crippen molar-refractivity contribution in [1.29, 1.82) is 0 Å². The van der Waals surface area contributed by atoms with Gasteiger partial charge in [-0.05, 0) is 0 Å². The van der Waals surface area contributed by atoms with E-state index in [-0.39, 0.29) is 6.61 Å². The van der Waals surface area contributed by atoms with Crippen LogP contribution in [0.1, 0.15) is 0 Å². The first kappa shape index (κ1) is 13.0. The Kier molecular flexibility index (Phi) is 3.63. The van der Waals surface area contributed by atoms with Gasteiger partial charge in [-0.1, -0.05) is 0 Å². The van der Waals surface area contributed by atoms with Crippen LogP contribution in [0.5, 0.6) is 0 Å². The van der Waals surface area contributed by atoms with Crippen molar-refractivity contribution in [3.05, 3.63) is 0 Å². The van der Waals surface area contributed by atoms with Gasteiger partial charge in [0.05, 0.1) is 0 Å². The summed E-state index contributed by atoms with van der Waals surface area (Å²) in [4.78, 5) is 10.4. The van der Waals surface area contributed by atoms with E-state index in [9.17, 15) is 26.4 Å². The molecule has 1 rings (SSSR count). The third-order valence-corrected chi connectivity index (χ3v) is 2.70. The third-order valence-electron chi connectivity index (χ3n) is 1.44. The van der Waals surface area contributed by atoms with Gasteiger partial charge in [-0.3, -0.25) is 4.18 Å². The van der Waals surface area contributed by atoms with Gasteiger partial charge in [0.15, 0.2) is 12.7 Å². The van der Waals surface area contributed by atoms with E-state index >= 15 is 0 Å². The summed E-state index contributed by atoms with van der Waals surface area (Å²) in [6.07, 6.45) is -6.93. The number of hydrogen-bond donors (Lipinski definition) is 0. The highest BCUT2D eigenvalue weighted by atomic mass is 32.2. The van der Waals surface area contributed by atoms with E-state index in [1.807, 2.05) is 0 Å². The summed E-state index contributed by atoms with van der Waals surface area (Å²) in [6, 6.07) is 0. The van der Waals surface area contributed by atoms with Crippen LogP contribution in [0.25, 0.3) is 0 Å². The molecule has 10 heteroatoms. The van der Waals surface area contributed by atoms with E-state index in [0.717, 1.165) is 0 Å². The first-order valence-corrected chi connectivity index (χ1v) is 5.53. The van der Waals surface area contributed by atoms with Crippen LogP contribution in [-0.4, -0.2) is 45.8 Å². The molecule has 0 spiro atoms. The van der Waals surface area contributed by atoms with E-state index in [2.05, 4.69) is 13.7 Å². The Bertz CT molecular complexity index is 361. The van der Waals surface area contributed by atoms with E-state index in [4.69, 9.17) is 0 Å². The molecule has 1 atom stereocenters. The average molecular weight is 264 g/mol. The zero-order chi connectivity index (χ0) is 12.4. The van der Waals surface area contributed by atoms with Gasteiger partial charge in [-0.2, -0.15) is 21.6 Å². The van der Waals surface area contributed by atoms with Crippen molar-refractivity contribution in [3.8, 4) is 0 Å². The molecule has 1 aliphatic rings. The summed E-state index contributed by atoms with van der Waals surface area (Å²) in [6.45, 7) is -2.23. The highest BCUT2D eigenvalue weighted by Crippen LogP contribution is 2.17. The molecule has 0 N–H and O–H groups in total. The standard InChI is InChI=1S/C6H7F3O6S/c7-6(8,9)3-14-16(11,12)2-4-1-13-5(10)15-4/h4H,1-3H2. The highest BCUT2D eigenvalue weighted by molar-refractivity contribution is 7.86. The molecule has 0 aromatic heterocycles. The molecule has 0 aliphatic carbocycles. The Morgan fingerprint density at radius 3 is 2.50 bits per heavy atom. The Morgan fingerprint density at radius 2 is 2.06 bits per heavy atom. The quantitative estimate of drug-likeness (QED) is 0.541. The van der Waals surface area contributed by atoms with E-state index in [1.54, 1.807) is 0 Å². The predicted molar refractivity (Wildman–Crippen MR) is 42.0 cm³/mol. The van der Waals surface area contributed by atoms with Crippen LogP contribution in [0.4, 0.5) is 18.0 Å². The molecule has 6 nitrogen and oxygen atoms in total. The molecule has 0 aromatic carbocycles. The van der Waals surface area contributed by atoms with Gasteiger partial charge in [0.2, 0.25) is 0 Å². The molecular formula is C6H7F3O6S. The lowest BCUT2D eigenvalue weighted by molar-refractivity contribution is -0.152. The molecule has 0 aromatic rings. The summed E-state index contributed by atoms with van der Waals surface area (Å²) in [5.74, 6) is -0.866. The number of carbonyl (C=O) groups is 1. The monoisotopic (exact) mass is 264 g/mol. The Balaban J connectivity index is 2.43. The third kappa shape index (κ3) is 4.66. The summed E-state index contributed by atoms with van der Waals surface area (Å²) in [5, 5.41) is 0. The lowest BCUT2D eigenvalue weighted by Crippen LogP contribution is -2.28. The molecule has 94 valence electrons. The van der Waals surface area contributed by atoms with Crippen molar-refractivity contribution >= 4 is 16.3 Å². The molecule has 1 aliphatic heterocycles. The first-order chi connectivity index (χ1) is 7.18. The zero-order valence-corrected chi connectivity index (χ0v) is 8.51. The summed E-state index contributed by atoms with van der Waals surface area (Å²) in [5.41, 5.74) is 0. The second-order valence-corrected chi connectivity index (χ2v) is 4.59. The second-order valence-electron chi connectivity index (χ2n) is 2.90. The molecule has 1 fully saturated rings. The maximum absolute atomic E-state index is 11.7. The van der Waals surface area contributed by atoms with Gasteiger partial charge in [0.1, 0.15) is 12.4 Å². The molecule has 1 saturated heterocycles. The Labute approximate surface area is 88.4 Å². The summed E-state index contributed by atoms with van der Waals surface area (Å²) >= 11 is 0. The smallest absolute Gasteiger partial charge is 0.430 e. The van der Waals surface area contributed by atoms with Gasteiger partial charge in [0.25, 0.3) is 10.1 Å². The molecule has 1 heterocycles. The average Bonchev–Trinajstić information content (AvgIpc) is 2.46. The van der Waals surface area contributed by atoms with Gasteiger partial charge in [-0.15, -0.1) is 0 Å². The molecule has 0 saturated carbocycles. The fourth-order valence-electron chi connectivity index (χ4n) is 0.880. The minimum Gasteiger partial charge on any atom is -0.430 e. The van der Waals surface area contributed by atoms with Crippen LogP contribution < -0.4 is 0 Å². The lowest BCUT2D eigenvalue weighted by Gasteiger charge is -2.09. The Hall–Kier alpha value is -1.03. The molecule has 1 unspecified atom stereocenters. The largest absolute Gasteiger partial charge is 0.508 e. The second kappa shape index (κ2) is 4.45. The van der Waals surface area contributed by atoms with Gasteiger partial charge >= 0.3 is 12.3 Å². The zero-order valence-electron chi connectivity index (χ0n) is 7.69. The molecule has 0 radical (unpaired) electrons. The fraction of sp³-hybridized carbons (Fsp3) is 0.833. The molecule has 0 amide bonds. The SMILES string of the molecule is O=C1OCC(CS(=O)(=O)OCC(F)(F)F)O1. The molecular weight excluding hydrogens is 257 g/mol. The lowest BCUT2D eigenvalue weighted by atomic mass is 10.4. The van der Waals surface area contributed by atoms with Crippen molar-refractivity contribution in [2.45, 2.75) is 12.3 Å². The molecule has 16 heavy (non-hydrogen) atoms. The van der Waals surface area contributed by atoms with Crippen LogP contribution in [-0.2, 0) is 23.8 Å². The van der Waals surface area contributed by atoms with Crippen LogP contribution >= 0.6 is 0 Å². The van der Waals surface area contributed by atoms with Gasteiger partial charge in [-0.25, -0.2) is 4.79 Å². The maximum Gasteiger partial charge on any atom is 0.508 e. The Morgan fingerprint density at radius 1 is 1.44 bits per heavy atom. The van der Waals surface area contributed by atoms with Crippen LogP contribution in [0, 0.1) is 0 Å². The fourth-order valence-corrected chi connectivity index (χ4v) is 1.91. The van der Waals surface area contributed by atoms with Crippen molar-refractivity contribution in [2.24, 2.45) is 0 Å². The normalized spacial score (nSPS) is 21.7. The topological polar surface area (TPSA) is 78.9 Å². The number of halogens is 3. The summed E-state index contributed by atoms with van der Waals surface area (Å²) in [7, 11) is -4.40. The van der Waals surface area contributed by atoms with E-state index in [1.165, 1.54) is 0 Å². The highest BCUT2D eigenvalue weighted by Gasteiger charge is 2.34. The van der Waals surface area contributed by atoms with Crippen molar-refractivity contribution < 1.29 is 40.0 Å². The summed E-state index contributed by atoms with van der Waals surface area (Å²) < 4.78 is 69.2. The van der Waals surface area contributed by atoms with Gasteiger partial charge < -0.3 is 9.47 Å². The minimum absolute atomic E-state index is 0.326. The van der Waals surface area contributed by atoms with Crippen LogP contribution in [0.3, 0.4) is 0 Å². The number of carbonyl (C=O) groups excluding carboxylic acids is 1. The van der Waals surface area contributed by atoms with Crippen LogP contribution in [0.15, 0.2) is 0 Å². The number of rotatable bonds is 4. The van der Waals surface area contributed by atoms with Crippen molar-refractivity contribution in [1.82, 2.24) is 0 Å². The number of ether oxygens (including phenoxy) is 2. The predicted octanol–water partition coefficient (Wildman–Crippen LogP) is 0.430. The van der Waals surface area contributed by atoms with Crippen LogP contribution in [0.2, 0.25) is 0 Å².